The zero-order valence-electron chi connectivity index (χ0n) is 9.91. The van der Waals surface area contributed by atoms with E-state index in [9.17, 15) is 4.39 Å². The van der Waals surface area contributed by atoms with E-state index in [0.29, 0.717) is 22.5 Å². The summed E-state index contributed by atoms with van der Waals surface area (Å²) in [5.41, 5.74) is 8.31. The number of aryl methyl sites for hydroxylation is 1. The predicted molar refractivity (Wildman–Crippen MR) is 74.0 cm³/mol. The van der Waals surface area contributed by atoms with Gasteiger partial charge in [-0.05, 0) is 30.7 Å². The van der Waals surface area contributed by atoms with E-state index >= 15 is 0 Å². The number of benzene rings is 2. The van der Waals surface area contributed by atoms with Gasteiger partial charge in [-0.3, -0.25) is 0 Å². The molecule has 2 rings (SSSR count). The van der Waals surface area contributed by atoms with Gasteiger partial charge in [-0.25, -0.2) is 4.39 Å². The molecule has 0 saturated carbocycles. The van der Waals surface area contributed by atoms with Crippen molar-refractivity contribution in [3.8, 4) is 5.75 Å². The van der Waals surface area contributed by atoms with Crippen molar-refractivity contribution in [2.75, 3.05) is 5.73 Å². The fourth-order valence-electron chi connectivity index (χ4n) is 1.66. The van der Waals surface area contributed by atoms with Gasteiger partial charge in [-0.1, -0.05) is 34.1 Å². The molecule has 0 atom stereocenters. The fraction of sp³-hybridized carbons (Fsp3) is 0.143. The highest BCUT2D eigenvalue weighted by Gasteiger charge is 2.06. The molecule has 2 aromatic carbocycles. The molecule has 2 nitrogen and oxygen atoms in total. The third kappa shape index (κ3) is 2.82. The monoisotopic (exact) mass is 309 g/mol. The van der Waals surface area contributed by atoms with Crippen LogP contribution in [0.15, 0.2) is 40.9 Å². The maximum absolute atomic E-state index is 12.9. The van der Waals surface area contributed by atoms with Crippen LogP contribution in [0, 0.1) is 12.7 Å². The van der Waals surface area contributed by atoms with Crippen molar-refractivity contribution < 1.29 is 9.13 Å². The van der Waals surface area contributed by atoms with Gasteiger partial charge in [0.1, 0.15) is 18.2 Å². The van der Waals surface area contributed by atoms with Gasteiger partial charge < -0.3 is 10.5 Å². The Morgan fingerprint density at radius 3 is 2.72 bits per heavy atom. The van der Waals surface area contributed by atoms with Crippen LogP contribution in [0.5, 0.6) is 5.75 Å². The second-order valence-electron chi connectivity index (χ2n) is 4.02. The van der Waals surface area contributed by atoms with Gasteiger partial charge in [0.15, 0.2) is 0 Å². The molecule has 0 saturated heterocycles. The van der Waals surface area contributed by atoms with Gasteiger partial charge in [0.2, 0.25) is 0 Å². The van der Waals surface area contributed by atoms with Crippen molar-refractivity contribution in [2.24, 2.45) is 0 Å². The summed E-state index contributed by atoms with van der Waals surface area (Å²) in [5.74, 6) is 0.398. The molecule has 0 aromatic heterocycles. The molecule has 0 bridgehead atoms. The van der Waals surface area contributed by atoms with Crippen molar-refractivity contribution in [1.29, 1.82) is 0 Å². The van der Waals surface area contributed by atoms with Crippen molar-refractivity contribution in [1.82, 2.24) is 0 Å². The Hall–Kier alpha value is -1.55. The highest BCUT2D eigenvalue weighted by molar-refractivity contribution is 9.10. The van der Waals surface area contributed by atoms with Crippen LogP contribution < -0.4 is 10.5 Å². The summed E-state index contributed by atoms with van der Waals surface area (Å²) in [7, 11) is 0. The number of nitrogen functional groups attached to an aromatic ring is 1. The third-order valence-electron chi connectivity index (χ3n) is 2.63. The summed E-state index contributed by atoms with van der Waals surface area (Å²) in [6.45, 7) is 2.28. The normalized spacial score (nSPS) is 10.4. The number of hydrogen-bond acceptors (Lipinski definition) is 2. The summed E-state index contributed by atoms with van der Waals surface area (Å²) in [4.78, 5) is 0. The van der Waals surface area contributed by atoms with Crippen LogP contribution in [0.3, 0.4) is 0 Å². The van der Waals surface area contributed by atoms with E-state index < -0.39 is 0 Å². The smallest absolute Gasteiger partial charge is 0.145 e. The molecule has 0 aliphatic rings. The summed E-state index contributed by atoms with van der Waals surface area (Å²) in [5, 5.41) is 0. The third-order valence-corrected chi connectivity index (χ3v) is 3.37. The van der Waals surface area contributed by atoms with Gasteiger partial charge in [0.25, 0.3) is 0 Å². The highest BCUT2D eigenvalue weighted by Crippen LogP contribution is 2.27. The molecular weight excluding hydrogens is 297 g/mol. The van der Waals surface area contributed by atoms with Crippen LogP contribution in [-0.2, 0) is 6.61 Å². The lowest BCUT2D eigenvalue weighted by Crippen LogP contribution is -2.01. The first-order valence-electron chi connectivity index (χ1n) is 5.50. The number of hydrogen-bond donors (Lipinski definition) is 1. The van der Waals surface area contributed by atoms with E-state index in [0.717, 1.165) is 11.1 Å². The first-order chi connectivity index (χ1) is 8.58. The van der Waals surface area contributed by atoms with Gasteiger partial charge in [-0.15, -0.1) is 0 Å². The Morgan fingerprint density at radius 2 is 2.06 bits per heavy atom. The molecule has 18 heavy (non-hydrogen) atoms. The number of ether oxygens (including phenoxy) is 1. The minimum atomic E-state index is -0.277. The van der Waals surface area contributed by atoms with E-state index in [2.05, 4.69) is 15.9 Å². The summed E-state index contributed by atoms with van der Waals surface area (Å²) in [6.07, 6.45) is 0. The molecule has 2 N–H and O–H groups in total. The lowest BCUT2D eigenvalue weighted by atomic mass is 10.2. The summed E-state index contributed by atoms with van der Waals surface area (Å²) in [6, 6.07) is 10.1. The van der Waals surface area contributed by atoms with Crippen LogP contribution in [0.2, 0.25) is 0 Å². The Balaban J connectivity index is 2.16. The Kier molecular flexibility index (Phi) is 3.87. The standard InChI is InChI=1S/C14H13BrFNO/c1-9-3-2-4-13(17)14(9)18-8-10-5-6-11(16)7-12(10)15/h2-7H,8,17H2,1H3. The SMILES string of the molecule is Cc1cccc(N)c1OCc1ccc(F)cc1Br. The number of halogens is 2. The fourth-order valence-corrected chi connectivity index (χ4v) is 2.13. The summed E-state index contributed by atoms with van der Waals surface area (Å²) < 4.78 is 19.3. The molecule has 0 amide bonds. The number of nitrogens with two attached hydrogens (primary N) is 1. The molecule has 94 valence electrons. The summed E-state index contributed by atoms with van der Waals surface area (Å²) >= 11 is 3.31. The molecule has 0 heterocycles. The van der Waals surface area contributed by atoms with Crippen LogP contribution >= 0.6 is 15.9 Å². The van der Waals surface area contributed by atoms with Gasteiger partial charge in [0.05, 0.1) is 5.69 Å². The highest BCUT2D eigenvalue weighted by atomic mass is 79.9. The largest absolute Gasteiger partial charge is 0.486 e. The molecule has 0 radical (unpaired) electrons. The maximum atomic E-state index is 12.9. The lowest BCUT2D eigenvalue weighted by Gasteiger charge is -2.12. The molecule has 4 heteroatoms. The predicted octanol–water partition coefficient (Wildman–Crippen LogP) is 4.06. The molecule has 2 aromatic rings. The maximum Gasteiger partial charge on any atom is 0.145 e. The van der Waals surface area contributed by atoms with Crippen LogP contribution in [-0.4, -0.2) is 0 Å². The van der Waals surface area contributed by atoms with E-state index in [1.807, 2.05) is 19.1 Å². The van der Waals surface area contributed by atoms with Gasteiger partial charge in [-0.2, -0.15) is 0 Å². The minimum absolute atomic E-state index is 0.277. The Morgan fingerprint density at radius 1 is 1.28 bits per heavy atom. The zero-order valence-corrected chi connectivity index (χ0v) is 11.5. The van der Waals surface area contributed by atoms with E-state index in [1.54, 1.807) is 12.1 Å². The average Bonchev–Trinajstić information content (AvgIpc) is 2.31. The zero-order chi connectivity index (χ0) is 13.1. The van der Waals surface area contributed by atoms with Gasteiger partial charge >= 0.3 is 0 Å². The van der Waals surface area contributed by atoms with E-state index in [4.69, 9.17) is 10.5 Å². The minimum Gasteiger partial charge on any atom is -0.486 e. The first kappa shape index (κ1) is 12.9. The van der Waals surface area contributed by atoms with Crippen LogP contribution in [0.1, 0.15) is 11.1 Å². The second kappa shape index (κ2) is 5.40. The molecule has 0 aliphatic heterocycles. The molecule has 0 spiro atoms. The molecule has 0 fully saturated rings. The average molecular weight is 310 g/mol. The Labute approximate surface area is 114 Å². The van der Waals surface area contributed by atoms with Crippen molar-refractivity contribution in [3.05, 3.63) is 57.8 Å². The molecular formula is C14H13BrFNO. The topological polar surface area (TPSA) is 35.2 Å². The van der Waals surface area contributed by atoms with Crippen molar-refractivity contribution in [2.45, 2.75) is 13.5 Å². The second-order valence-corrected chi connectivity index (χ2v) is 4.87. The van der Waals surface area contributed by atoms with Crippen molar-refractivity contribution >= 4 is 21.6 Å². The Bertz CT molecular complexity index is 551. The molecule has 0 aliphatic carbocycles. The van der Waals surface area contributed by atoms with Crippen LogP contribution in [0.25, 0.3) is 0 Å². The van der Waals surface area contributed by atoms with Crippen molar-refractivity contribution in [3.63, 3.8) is 0 Å². The van der Waals surface area contributed by atoms with E-state index in [1.165, 1.54) is 12.1 Å². The number of anilines is 1. The van der Waals surface area contributed by atoms with Gasteiger partial charge in [0, 0.05) is 10.0 Å². The molecule has 0 unspecified atom stereocenters. The van der Waals surface area contributed by atoms with Crippen LogP contribution in [0.4, 0.5) is 10.1 Å². The van der Waals surface area contributed by atoms with E-state index in [-0.39, 0.29) is 5.82 Å². The quantitative estimate of drug-likeness (QED) is 0.868. The number of rotatable bonds is 3. The number of para-hydroxylation sites is 1. The first-order valence-corrected chi connectivity index (χ1v) is 6.29. The lowest BCUT2D eigenvalue weighted by molar-refractivity contribution is 0.305.